The van der Waals surface area contributed by atoms with Gasteiger partial charge in [-0.05, 0) is 51.9 Å². The van der Waals surface area contributed by atoms with E-state index in [1.807, 2.05) is 22.6 Å². The van der Waals surface area contributed by atoms with Crippen LogP contribution in [0.5, 0.6) is 0 Å². The molecule has 2 aromatic carbocycles. The van der Waals surface area contributed by atoms with Crippen molar-refractivity contribution in [1.82, 2.24) is 14.0 Å². The van der Waals surface area contributed by atoms with E-state index in [-0.39, 0.29) is 24.7 Å². The first kappa shape index (κ1) is 21.9. The highest BCUT2D eigenvalue weighted by Crippen LogP contribution is 2.20. The molecule has 9 heteroatoms. The number of aromatic nitrogens is 2. The Morgan fingerprint density at radius 3 is 2.37 bits per heavy atom. The fraction of sp³-hybridized carbons (Fsp3) is 0.190. The third-order valence-corrected chi connectivity index (χ3v) is 4.96. The molecule has 0 aliphatic carbocycles. The number of hydrogen-bond donors (Lipinski definition) is 1. The smallest absolute Gasteiger partial charge is 0.337 e. The van der Waals surface area contributed by atoms with E-state index in [0.717, 1.165) is 14.7 Å². The minimum absolute atomic E-state index is 0.00698. The van der Waals surface area contributed by atoms with Gasteiger partial charge in [0.1, 0.15) is 11.6 Å². The van der Waals surface area contributed by atoms with Crippen molar-refractivity contribution in [2.24, 2.45) is 4.99 Å². The number of benzene rings is 2. The maximum absolute atomic E-state index is 14.7. The molecule has 7 nitrogen and oxygen atoms in total. The van der Waals surface area contributed by atoms with Gasteiger partial charge >= 0.3 is 5.69 Å². The number of hydrogen-bond acceptors (Lipinski definition) is 4. The third kappa shape index (κ3) is 4.85. The average molecular weight is 522 g/mol. The largest absolute Gasteiger partial charge is 0.392 e. The lowest BCUT2D eigenvalue weighted by Gasteiger charge is -2.14. The molecule has 30 heavy (non-hydrogen) atoms. The minimum Gasteiger partial charge on any atom is -0.392 e. The first-order chi connectivity index (χ1) is 14.3. The van der Waals surface area contributed by atoms with E-state index < -0.39 is 17.1 Å². The van der Waals surface area contributed by atoms with Gasteiger partial charge in [0.2, 0.25) is 0 Å². The second-order valence-electron chi connectivity index (χ2n) is 6.82. The first-order valence-corrected chi connectivity index (χ1v) is 10.1. The van der Waals surface area contributed by atoms with Crippen molar-refractivity contribution >= 4 is 34.7 Å². The standard InChI is InChI=1S/C21H20FIN4O3/c1-25(2)13-24-19-10-20(29)26(11-14-3-5-15(12-28)6-4-14)21(30)27(19)18-8-7-16(23)9-17(18)22/h3-10,13,28H,11-12H2,1-2H3/b24-13+. The molecule has 0 aliphatic rings. The van der Waals surface area contributed by atoms with Gasteiger partial charge in [0.25, 0.3) is 5.56 Å². The molecule has 0 bridgehead atoms. The van der Waals surface area contributed by atoms with Crippen LogP contribution in [-0.4, -0.2) is 39.6 Å². The lowest BCUT2D eigenvalue weighted by molar-refractivity contribution is 0.282. The molecular formula is C21H20FIN4O3. The van der Waals surface area contributed by atoms with Gasteiger partial charge in [-0.2, -0.15) is 0 Å². The van der Waals surface area contributed by atoms with Gasteiger partial charge in [0.15, 0.2) is 0 Å². The molecule has 0 fully saturated rings. The number of aliphatic imine (C=N–C) groups is 1. The maximum atomic E-state index is 14.7. The van der Waals surface area contributed by atoms with E-state index in [1.165, 1.54) is 24.5 Å². The molecule has 1 heterocycles. The van der Waals surface area contributed by atoms with Crippen LogP contribution in [0, 0.1) is 9.39 Å². The number of nitrogens with zero attached hydrogens (tertiary/aromatic N) is 4. The van der Waals surface area contributed by atoms with Crippen LogP contribution in [0.4, 0.5) is 10.2 Å². The van der Waals surface area contributed by atoms with Crippen LogP contribution in [0.15, 0.2) is 63.1 Å². The molecule has 0 spiro atoms. The third-order valence-electron chi connectivity index (χ3n) is 4.29. The molecule has 3 aromatic rings. The SMILES string of the molecule is CN(C)/C=N/c1cc(=O)n(Cc2ccc(CO)cc2)c(=O)n1-c1ccc(I)cc1F. The van der Waals surface area contributed by atoms with Crippen LogP contribution >= 0.6 is 22.6 Å². The number of aliphatic hydroxyl groups excluding tert-OH is 1. The lowest BCUT2D eigenvalue weighted by Crippen LogP contribution is -2.39. The number of aliphatic hydroxyl groups is 1. The summed E-state index contributed by atoms with van der Waals surface area (Å²) in [6, 6.07) is 12.6. The molecule has 0 amide bonds. The predicted octanol–water partition coefficient (Wildman–Crippen LogP) is 2.50. The molecule has 0 saturated heterocycles. The Balaban J connectivity index is 2.19. The van der Waals surface area contributed by atoms with Crippen molar-refractivity contribution in [1.29, 1.82) is 0 Å². The van der Waals surface area contributed by atoms with Crippen LogP contribution < -0.4 is 11.2 Å². The zero-order chi connectivity index (χ0) is 21.8. The molecule has 0 aliphatic heterocycles. The Morgan fingerprint density at radius 2 is 1.77 bits per heavy atom. The molecule has 1 N–H and O–H groups in total. The summed E-state index contributed by atoms with van der Waals surface area (Å²) in [4.78, 5) is 31.8. The summed E-state index contributed by atoms with van der Waals surface area (Å²) in [5.41, 5.74) is 0.193. The van der Waals surface area contributed by atoms with E-state index in [2.05, 4.69) is 4.99 Å². The fourth-order valence-electron chi connectivity index (χ4n) is 2.80. The van der Waals surface area contributed by atoms with Crippen molar-refractivity contribution in [3.63, 3.8) is 0 Å². The zero-order valence-electron chi connectivity index (χ0n) is 16.4. The molecule has 156 valence electrons. The van der Waals surface area contributed by atoms with Gasteiger partial charge in [0.05, 0.1) is 25.2 Å². The van der Waals surface area contributed by atoms with Gasteiger partial charge in [-0.3, -0.25) is 9.36 Å². The summed E-state index contributed by atoms with van der Waals surface area (Å²) in [6.45, 7) is -0.0925. The van der Waals surface area contributed by atoms with Gasteiger partial charge in [-0.1, -0.05) is 24.3 Å². The van der Waals surface area contributed by atoms with E-state index >= 15 is 0 Å². The normalized spacial score (nSPS) is 11.2. The van der Waals surface area contributed by atoms with Crippen molar-refractivity contribution < 1.29 is 9.50 Å². The van der Waals surface area contributed by atoms with Crippen LogP contribution in [0.2, 0.25) is 0 Å². The van der Waals surface area contributed by atoms with E-state index in [4.69, 9.17) is 0 Å². The van der Waals surface area contributed by atoms with Gasteiger partial charge in [0, 0.05) is 23.7 Å². The van der Waals surface area contributed by atoms with Crippen molar-refractivity contribution in [3.8, 4) is 5.69 Å². The van der Waals surface area contributed by atoms with Gasteiger partial charge < -0.3 is 10.0 Å². The average Bonchev–Trinajstić information content (AvgIpc) is 2.71. The lowest BCUT2D eigenvalue weighted by atomic mass is 10.1. The van der Waals surface area contributed by atoms with Crippen LogP contribution in [-0.2, 0) is 13.2 Å². The van der Waals surface area contributed by atoms with Crippen molar-refractivity contribution in [2.45, 2.75) is 13.2 Å². The first-order valence-electron chi connectivity index (χ1n) is 9.01. The Morgan fingerprint density at radius 1 is 1.10 bits per heavy atom. The highest BCUT2D eigenvalue weighted by Gasteiger charge is 2.16. The number of rotatable bonds is 6. The molecule has 0 unspecified atom stereocenters. The van der Waals surface area contributed by atoms with Crippen molar-refractivity contribution in [2.75, 3.05) is 14.1 Å². The quantitative estimate of drug-likeness (QED) is 0.307. The highest BCUT2D eigenvalue weighted by molar-refractivity contribution is 14.1. The molecule has 1 aromatic heterocycles. The Bertz CT molecular complexity index is 1200. The van der Waals surface area contributed by atoms with E-state index in [0.29, 0.717) is 9.13 Å². The summed E-state index contributed by atoms with van der Waals surface area (Å²) < 4.78 is 17.5. The second-order valence-corrected chi connectivity index (χ2v) is 8.07. The Hall–Kier alpha value is -2.79. The zero-order valence-corrected chi connectivity index (χ0v) is 18.6. The minimum atomic E-state index is -0.695. The van der Waals surface area contributed by atoms with Crippen LogP contribution in [0.25, 0.3) is 5.69 Å². The summed E-state index contributed by atoms with van der Waals surface area (Å²) in [6.07, 6.45) is 1.44. The predicted molar refractivity (Wildman–Crippen MR) is 122 cm³/mol. The topological polar surface area (TPSA) is 79.8 Å². The van der Waals surface area contributed by atoms with Gasteiger partial charge in [-0.25, -0.2) is 18.7 Å². The van der Waals surface area contributed by atoms with E-state index in [9.17, 15) is 19.1 Å². The van der Waals surface area contributed by atoms with Crippen LogP contribution in [0.1, 0.15) is 11.1 Å². The maximum Gasteiger partial charge on any atom is 0.337 e. The van der Waals surface area contributed by atoms with E-state index in [1.54, 1.807) is 49.3 Å². The highest BCUT2D eigenvalue weighted by atomic mass is 127. The summed E-state index contributed by atoms with van der Waals surface area (Å²) in [5.74, 6) is -0.562. The Labute approximate surface area is 185 Å². The number of halogens is 2. The molecule has 0 saturated carbocycles. The van der Waals surface area contributed by atoms with Gasteiger partial charge in [-0.15, -0.1) is 0 Å². The molecular weight excluding hydrogens is 502 g/mol. The summed E-state index contributed by atoms with van der Waals surface area (Å²) in [7, 11) is 3.49. The fourth-order valence-corrected chi connectivity index (χ4v) is 3.26. The van der Waals surface area contributed by atoms with Crippen LogP contribution in [0.3, 0.4) is 0 Å². The van der Waals surface area contributed by atoms with Crippen molar-refractivity contribution in [3.05, 3.63) is 89.9 Å². The Kier molecular flexibility index (Phi) is 6.83. The second kappa shape index (κ2) is 9.35. The monoisotopic (exact) mass is 522 g/mol. The summed E-state index contributed by atoms with van der Waals surface area (Å²) >= 11 is 1.98. The molecule has 3 rings (SSSR count). The molecule has 0 atom stereocenters. The molecule has 0 radical (unpaired) electrons. The summed E-state index contributed by atoms with van der Waals surface area (Å²) in [5, 5.41) is 9.17.